The van der Waals surface area contributed by atoms with E-state index in [2.05, 4.69) is 5.32 Å². The van der Waals surface area contributed by atoms with Gasteiger partial charge in [-0.15, -0.1) is 0 Å². The average Bonchev–Trinajstić information content (AvgIpc) is 3.15. The minimum Gasteiger partial charge on any atom is -0.329 e. The molecule has 2 rings (SSSR count). The van der Waals surface area contributed by atoms with E-state index < -0.39 is 0 Å². The van der Waals surface area contributed by atoms with Crippen molar-refractivity contribution >= 4 is 11.6 Å². The molecule has 94 valence electrons. The molecule has 17 heavy (non-hydrogen) atoms. The lowest BCUT2D eigenvalue weighted by molar-refractivity contribution is 0.512. The van der Waals surface area contributed by atoms with Gasteiger partial charge in [0.15, 0.2) is 0 Å². The zero-order valence-electron chi connectivity index (χ0n) is 10.2. The van der Waals surface area contributed by atoms with E-state index in [-0.39, 0.29) is 6.04 Å². The maximum Gasteiger partial charge on any atom is 0.0444 e. The van der Waals surface area contributed by atoms with E-state index in [4.69, 9.17) is 17.3 Å². The SMILES string of the molecule is NCC(NCCCC1CC1)c1ccc(Cl)cc1. The maximum atomic E-state index is 5.88. The summed E-state index contributed by atoms with van der Waals surface area (Å²) in [6, 6.07) is 8.20. The Bertz CT molecular complexity index is 333. The molecule has 1 aromatic carbocycles. The zero-order chi connectivity index (χ0) is 12.1. The normalized spacial score (nSPS) is 17.1. The average molecular weight is 253 g/mol. The molecule has 1 fully saturated rings. The van der Waals surface area contributed by atoms with E-state index in [0.717, 1.165) is 17.5 Å². The van der Waals surface area contributed by atoms with Crippen molar-refractivity contribution in [2.45, 2.75) is 31.7 Å². The van der Waals surface area contributed by atoms with E-state index in [1.54, 1.807) is 0 Å². The van der Waals surface area contributed by atoms with Gasteiger partial charge in [-0.2, -0.15) is 0 Å². The maximum absolute atomic E-state index is 5.88. The van der Waals surface area contributed by atoms with E-state index in [0.29, 0.717) is 6.54 Å². The number of nitrogens with two attached hydrogens (primary N) is 1. The molecule has 1 unspecified atom stereocenters. The fraction of sp³-hybridized carbons (Fsp3) is 0.571. The lowest BCUT2D eigenvalue weighted by Gasteiger charge is -2.17. The van der Waals surface area contributed by atoms with Crippen LogP contribution in [0, 0.1) is 5.92 Å². The minimum absolute atomic E-state index is 0.256. The fourth-order valence-corrected chi connectivity index (χ4v) is 2.23. The van der Waals surface area contributed by atoms with Gasteiger partial charge in [0, 0.05) is 17.6 Å². The summed E-state index contributed by atoms with van der Waals surface area (Å²) >= 11 is 5.88. The molecule has 0 aromatic heterocycles. The van der Waals surface area contributed by atoms with Gasteiger partial charge < -0.3 is 11.1 Å². The highest BCUT2D eigenvalue weighted by Gasteiger charge is 2.20. The summed E-state index contributed by atoms with van der Waals surface area (Å²) in [6.45, 7) is 1.69. The first-order valence-corrected chi connectivity index (χ1v) is 6.86. The first-order valence-electron chi connectivity index (χ1n) is 6.48. The van der Waals surface area contributed by atoms with Gasteiger partial charge in [0.2, 0.25) is 0 Å². The van der Waals surface area contributed by atoms with E-state index in [1.807, 2.05) is 24.3 Å². The van der Waals surface area contributed by atoms with Crippen molar-refractivity contribution in [3.63, 3.8) is 0 Å². The van der Waals surface area contributed by atoms with Gasteiger partial charge in [-0.25, -0.2) is 0 Å². The van der Waals surface area contributed by atoms with Crippen LogP contribution in [0.4, 0.5) is 0 Å². The van der Waals surface area contributed by atoms with Crippen LogP contribution in [0.5, 0.6) is 0 Å². The van der Waals surface area contributed by atoms with Crippen LogP contribution >= 0.6 is 11.6 Å². The molecule has 3 N–H and O–H groups in total. The van der Waals surface area contributed by atoms with Crippen molar-refractivity contribution in [2.75, 3.05) is 13.1 Å². The topological polar surface area (TPSA) is 38.0 Å². The molecule has 0 aliphatic heterocycles. The van der Waals surface area contributed by atoms with Gasteiger partial charge in [0.05, 0.1) is 0 Å². The standard InChI is InChI=1S/C14H21ClN2/c15-13-7-5-12(6-8-13)14(10-16)17-9-1-2-11-3-4-11/h5-8,11,14,17H,1-4,9-10,16H2. The molecule has 0 spiro atoms. The third-order valence-corrected chi connectivity index (χ3v) is 3.64. The second kappa shape index (κ2) is 6.39. The van der Waals surface area contributed by atoms with Crippen molar-refractivity contribution in [1.82, 2.24) is 5.32 Å². The monoisotopic (exact) mass is 252 g/mol. The van der Waals surface area contributed by atoms with Crippen LogP contribution in [-0.2, 0) is 0 Å². The van der Waals surface area contributed by atoms with Crippen LogP contribution in [0.1, 0.15) is 37.3 Å². The molecule has 2 nitrogen and oxygen atoms in total. The Hall–Kier alpha value is -0.570. The van der Waals surface area contributed by atoms with E-state index in [1.165, 1.54) is 31.2 Å². The van der Waals surface area contributed by atoms with Crippen molar-refractivity contribution in [1.29, 1.82) is 0 Å². The molecule has 0 bridgehead atoms. The predicted octanol–water partition coefficient (Wildman–Crippen LogP) is 3.12. The molecule has 1 saturated carbocycles. The summed E-state index contributed by atoms with van der Waals surface area (Å²) in [7, 11) is 0. The first-order chi connectivity index (χ1) is 8.29. The molecular formula is C14H21ClN2. The molecule has 1 aliphatic carbocycles. The quantitative estimate of drug-likeness (QED) is 0.732. The van der Waals surface area contributed by atoms with Crippen LogP contribution < -0.4 is 11.1 Å². The van der Waals surface area contributed by atoms with E-state index >= 15 is 0 Å². The predicted molar refractivity (Wildman–Crippen MR) is 73.2 cm³/mol. The largest absolute Gasteiger partial charge is 0.329 e. The Labute approximate surface area is 109 Å². The Morgan fingerprint density at radius 2 is 2.00 bits per heavy atom. The Kier molecular flexibility index (Phi) is 4.84. The molecule has 1 atom stereocenters. The van der Waals surface area contributed by atoms with E-state index in [9.17, 15) is 0 Å². The highest BCUT2D eigenvalue weighted by atomic mass is 35.5. The fourth-order valence-electron chi connectivity index (χ4n) is 2.11. The number of hydrogen-bond acceptors (Lipinski definition) is 2. The summed E-state index contributed by atoms with van der Waals surface area (Å²) in [5.74, 6) is 1.02. The number of benzene rings is 1. The smallest absolute Gasteiger partial charge is 0.0444 e. The number of halogens is 1. The molecular weight excluding hydrogens is 232 g/mol. The molecule has 1 aliphatic rings. The lowest BCUT2D eigenvalue weighted by Crippen LogP contribution is -2.29. The van der Waals surface area contributed by atoms with Gasteiger partial charge in [-0.05, 0) is 43.0 Å². The van der Waals surface area contributed by atoms with Crippen LogP contribution in [-0.4, -0.2) is 13.1 Å². The highest BCUT2D eigenvalue weighted by Crippen LogP contribution is 2.33. The molecule has 0 amide bonds. The molecule has 0 heterocycles. The van der Waals surface area contributed by atoms with Crippen LogP contribution in [0.3, 0.4) is 0 Å². The number of rotatable bonds is 7. The van der Waals surface area contributed by atoms with Gasteiger partial charge in [0.1, 0.15) is 0 Å². The summed E-state index contributed by atoms with van der Waals surface area (Å²) in [5, 5.41) is 4.30. The lowest BCUT2D eigenvalue weighted by atomic mass is 10.1. The van der Waals surface area contributed by atoms with Gasteiger partial charge in [-0.1, -0.05) is 36.6 Å². The Morgan fingerprint density at radius 3 is 2.59 bits per heavy atom. The second-order valence-electron chi connectivity index (χ2n) is 4.88. The molecule has 3 heteroatoms. The summed E-state index contributed by atoms with van der Waals surface area (Å²) in [6.07, 6.45) is 5.51. The number of nitrogens with one attached hydrogen (secondary N) is 1. The minimum atomic E-state index is 0.256. The molecule has 0 radical (unpaired) electrons. The Balaban J connectivity index is 1.76. The Morgan fingerprint density at radius 1 is 1.29 bits per heavy atom. The second-order valence-corrected chi connectivity index (χ2v) is 5.32. The van der Waals surface area contributed by atoms with Crippen molar-refractivity contribution in [3.8, 4) is 0 Å². The van der Waals surface area contributed by atoms with Crippen molar-refractivity contribution in [2.24, 2.45) is 11.7 Å². The summed E-state index contributed by atoms with van der Waals surface area (Å²) in [4.78, 5) is 0. The molecule has 0 saturated heterocycles. The van der Waals surface area contributed by atoms with Crippen LogP contribution in [0.15, 0.2) is 24.3 Å². The summed E-state index contributed by atoms with van der Waals surface area (Å²) < 4.78 is 0. The summed E-state index contributed by atoms with van der Waals surface area (Å²) in [5.41, 5.74) is 7.03. The van der Waals surface area contributed by atoms with Crippen molar-refractivity contribution in [3.05, 3.63) is 34.9 Å². The number of hydrogen-bond donors (Lipinski definition) is 2. The third kappa shape index (κ3) is 4.30. The highest BCUT2D eigenvalue weighted by molar-refractivity contribution is 6.30. The zero-order valence-corrected chi connectivity index (χ0v) is 10.9. The van der Waals surface area contributed by atoms with Gasteiger partial charge in [-0.3, -0.25) is 0 Å². The first kappa shape index (κ1) is 12.9. The van der Waals surface area contributed by atoms with Gasteiger partial charge in [0.25, 0.3) is 0 Å². The van der Waals surface area contributed by atoms with Crippen molar-refractivity contribution < 1.29 is 0 Å². The van der Waals surface area contributed by atoms with Gasteiger partial charge >= 0.3 is 0 Å². The van der Waals surface area contributed by atoms with Crippen LogP contribution in [0.2, 0.25) is 5.02 Å². The van der Waals surface area contributed by atoms with Crippen LogP contribution in [0.25, 0.3) is 0 Å². The third-order valence-electron chi connectivity index (χ3n) is 3.38. The molecule has 1 aromatic rings.